The standard InChI is InChI=1S/C30H39ClN6/c1-5-6-7-20(2)37-15-14-36(18-21(37)3)22(4)24-10-13-26-27(31)17-28(35-29(26)16-24)23-8-11-25(12-9-23)30(33,34)19-32/h8-13,16-17,21H,2,4-7,14-15,18-19,32-34H2,1,3H3. The van der Waals surface area contributed by atoms with Crippen molar-refractivity contribution in [3.05, 3.63) is 83.5 Å². The van der Waals surface area contributed by atoms with Crippen molar-refractivity contribution < 1.29 is 0 Å². The molecule has 6 N–H and O–H groups in total. The average molecular weight is 519 g/mol. The third-order valence-corrected chi connectivity index (χ3v) is 7.70. The van der Waals surface area contributed by atoms with Crippen LogP contribution in [-0.2, 0) is 5.66 Å². The highest BCUT2D eigenvalue weighted by Crippen LogP contribution is 2.32. The molecule has 1 aliphatic rings. The predicted molar refractivity (Wildman–Crippen MR) is 157 cm³/mol. The number of aromatic nitrogens is 1. The number of halogens is 1. The molecule has 1 fully saturated rings. The van der Waals surface area contributed by atoms with Gasteiger partial charge in [-0.1, -0.05) is 74.5 Å². The molecule has 0 saturated carbocycles. The van der Waals surface area contributed by atoms with Crippen LogP contribution in [0.15, 0.2) is 67.4 Å². The SMILES string of the molecule is C=C(c1ccc2c(Cl)cc(-c3ccc(C(N)(N)CN)cc3)nc2c1)N1CCN(C(=C)CCCC)C(C)C1. The summed E-state index contributed by atoms with van der Waals surface area (Å²) >= 11 is 6.68. The van der Waals surface area contributed by atoms with Crippen LogP contribution >= 0.6 is 11.6 Å². The molecular formula is C30H39ClN6. The van der Waals surface area contributed by atoms with Crippen molar-refractivity contribution in [1.29, 1.82) is 0 Å². The second-order valence-electron chi connectivity index (χ2n) is 10.1. The van der Waals surface area contributed by atoms with E-state index in [1.165, 1.54) is 18.5 Å². The first-order valence-corrected chi connectivity index (χ1v) is 13.4. The lowest BCUT2D eigenvalue weighted by atomic mass is 9.99. The van der Waals surface area contributed by atoms with E-state index in [9.17, 15) is 0 Å². The fourth-order valence-electron chi connectivity index (χ4n) is 4.96. The number of rotatable bonds is 9. The maximum absolute atomic E-state index is 6.68. The summed E-state index contributed by atoms with van der Waals surface area (Å²) in [6.07, 6.45) is 3.44. The minimum Gasteiger partial charge on any atom is -0.369 e. The van der Waals surface area contributed by atoms with Crippen LogP contribution in [0.5, 0.6) is 0 Å². The molecule has 1 aliphatic heterocycles. The third kappa shape index (κ3) is 5.83. The van der Waals surface area contributed by atoms with Gasteiger partial charge >= 0.3 is 0 Å². The van der Waals surface area contributed by atoms with Crippen molar-refractivity contribution in [2.24, 2.45) is 17.2 Å². The number of piperazine rings is 1. The molecule has 0 bridgehead atoms. The predicted octanol–water partition coefficient (Wildman–Crippen LogP) is 5.26. The monoisotopic (exact) mass is 518 g/mol. The van der Waals surface area contributed by atoms with Gasteiger partial charge in [-0.25, -0.2) is 4.98 Å². The van der Waals surface area contributed by atoms with E-state index in [2.05, 4.69) is 48.9 Å². The van der Waals surface area contributed by atoms with Crippen LogP contribution in [0.4, 0.5) is 0 Å². The summed E-state index contributed by atoms with van der Waals surface area (Å²) in [7, 11) is 0. The highest BCUT2D eigenvalue weighted by atomic mass is 35.5. The highest BCUT2D eigenvalue weighted by molar-refractivity contribution is 6.35. The Bertz CT molecular complexity index is 1280. The number of benzene rings is 2. The van der Waals surface area contributed by atoms with Gasteiger partial charge in [-0.2, -0.15) is 0 Å². The van der Waals surface area contributed by atoms with Crippen LogP contribution in [0.1, 0.15) is 44.2 Å². The normalized spacial score (nSPS) is 16.3. The lowest BCUT2D eigenvalue weighted by Gasteiger charge is -2.44. The Labute approximate surface area is 225 Å². The van der Waals surface area contributed by atoms with Gasteiger partial charge < -0.3 is 27.0 Å². The summed E-state index contributed by atoms with van der Waals surface area (Å²) in [5, 5.41) is 1.57. The quantitative estimate of drug-likeness (QED) is 0.334. The van der Waals surface area contributed by atoms with Crippen molar-refractivity contribution in [3.63, 3.8) is 0 Å². The van der Waals surface area contributed by atoms with Gasteiger partial charge in [-0.3, -0.25) is 0 Å². The molecule has 1 saturated heterocycles. The Morgan fingerprint density at radius 3 is 2.49 bits per heavy atom. The molecule has 1 aromatic heterocycles. The van der Waals surface area contributed by atoms with Crippen molar-refractivity contribution in [2.45, 2.75) is 44.8 Å². The van der Waals surface area contributed by atoms with Crippen LogP contribution < -0.4 is 17.2 Å². The maximum Gasteiger partial charge on any atom is 0.102 e. The van der Waals surface area contributed by atoms with Crippen LogP contribution in [0, 0.1) is 0 Å². The second-order valence-corrected chi connectivity index (χ2v) is 10.6. The molecule has 2 aromatic carbocycles. The largest absolute Gasteiger partial charge is 0.369 e. The molecule has 0 radical (unpaired) electrons. The van der Waals surface area contributed by atoms with E-state index in [1.807, 2.05) is 36.4 Å². The smallest absolute Gasteiger partial charge is 0.102 e. The van der Waals surface area contributed by atoms with Crippen molar-refractivity contribution in [3.8, 4) is 11.3 Å². The fourth-order valence-corrected chi connectivity index (χ4v) is 5.23. The number of unbranched alkanes of at least 4 members (excludes halogenated alkanes) is 1. The summed E-state index contributed by atoms with van der Waals surface area (Å²) in [5.41, 5.74) is 23.4. The Kier molecular flexibility index (Phi) is 8.24. The average Bonchev–Trinajstić information content (AvgIpc) is 2.90. The van der Waals surface area contributed by atoms with Gasteiger partial charge in [-0.05, 0) is 43.0 Å². The van der Waals surface area contributed by atoms with Crippen LogP contribution in [0.2, 0.25) is 5.02 Å². The molecule has 0 spiro atoms. The first kappa shape index (κ1) is 27.1. The van der Waals surface area contributed by atoms with Gasteiger partial charge in [0.05, 0.1) is 16.2 Å². The summed E-state index contributed by atoms with van der Waals surface area (Å²) < 4.78 is 0. The van der Waals surface area contributed by atoms with E-state index in [0.717, 1.165) is 65.0 Å². The molecule has 2 heterocycles. The van der Waals surface area contributed by atoms with Gasteiger partial charge in [0.25, 0.3) is 0 Å². The summed E-state index contributed by atoms with van der Waals surface area (Å²) in [4.78, 5) is 9.75. The lowest BCUT2D eigenvalue weighted by Crippen LogP contribution is -2.52. The van der Waals surface area contributed by atoms with E-state index in [1.54, 1.807) is 0 Å². The second kappa shape index (κ2) is 11.2. The van der Waals surface area contributed by atoms with Gasteiger partial charge in [0.1, 0.15) is 5.66 Å². The Morgan fingerprint density at radius 1 is 1.11 bits per heavy atom. The van der Waals surface area contributed by atoms with E-state index < -0.39 is 5.66 Å². The zero-order valence-corrected chi connectivity index (χ0v) is 22.8. The molecule has 196 valence electrons. The minimum atomic E-state index is -1.06. The number of allylic oxidation sites excluding steroid dienone is 1. The van der Waals surface area contributed by atoms with Gasteiger partial charge in [0.2, 0.25) is 0 Å². The summed E-state index contributed by atoms with van der Waals surface area (Å²) in [6, 6.07) is 16.1. The van der Waals surface area contributed by atoms with E-state index in [4.69, 9.17) is 33.8 Å². The number of hydrogen-bond acceptors (Lipinski definition) is 6. The maximum atomic E-state index is 6.68. The first-order valence-electron chi connectivity index (χ1n) is 13.0. The van der Waals surface area contributed by atoms with Crippen LogP contribution in [0.25, 0.3) is 27.9 Å². The molecular weight excluding hydrogens is 480 g/mol. The number of nitrogens with zero attached hydrogens (tertiary/aromatic N) is 3. The zero-order valence-electron chi connectivity index (χ0n) is 22.0. The van der Waals surface area contributed by atoms with Gasteiger partial charge in [0.15, 0.2) is 0 Å². The lowest BCUT2D eigenvalue weighted by molar-refractivity contribution is 0.149. The van der Waals surface area contributed by atoms with Crippen molar-refractivity contribution in [2.75, 3.05) is 26.2 Å². The number of nitrogens with two attached hydrogens (primary N) is 3. The highest BCUT2D eigenvalue weighted by Gasteiger charge is 2.25. The van der Waals surface area contributed by atoms with E-state index >= 15 is 0 Å². The van der Waals surface area contributed by atoms with Gasteiger partial charge in [-0.15, -0.1) is 0 Å². The Hall–Kier alpha value is -2.90. The Balaban J connectivity index is 1.55. The first-order chi connectivity index (χ1) is 17.6. The molecule has 7 heteroatoms. The minimum absolute atomic E-state index is 0.153. The molecule has 4 rings (SSSR count). The molecule has 1 unspecified atom stereocenters. The third-order valence-electron chi connectivity index (χ3n) is 7.38. The van der Waals surface area contributed by atoms with E-state index in [0.29, 0.717) is 11.1 Å². The van der Waals surface area contributed by atoms with Gasteiger partial charge in [0, 0.05) is 54.6 Å². The summed E-state index contributed by atoms with van der Waals surface area (Å²) in [5.74, 6) is 0. The number of pyridine rings is 1. The van der Waals surface area contributed by atoms with Crippen LogP contribution in [0.3, 0.4) is 0 Å². The zero-order chi connectivity index (χ0) is 26.7. The molecule has 37 heavy (non-hydrogen) atoms. The molecule has 3 aromatic rings. The van der Waals surface area contributed by atoms with Crippen molar-refractivity contribution >= 4 is 28.2 Å². The van der Waals surface area contributed by atoms with Crippen molar-refractivity contribution in [1.82, 2.24) is 14.8 Å². The van der Waals surface area contributed by atoms with Crippen LogP contribution in [-0.4, -0.2) is 47.0 Å². The van der Waals surface area contributed by atoms with E-state index in [-0.39, 0.29) is 6.54 Å². The molecule has 0 aliphatic carbocycles. The number of fused-ring (bicyclic) bond motifs is 1. The fraction of sp³-hybridized carbons (Fsp3) is 0.367. The number of hydrogen-bond donors (Lipinski definition) is 3. The Morgan fingerprint density at radius 2 is 1.84 bits per heavy atom. The molecule has 1 atom stereocenters. The molecule has 6 nitrogen and oxygen atoms in total. The molecule has 0 amide bonds. The topological polar surface area (TPSA) is 97.4 Å². The summed E-state index contributed by atoms with van der Waals surface area (Å²) in [6.45, 7) is 16.2.